The van der Waals surface area contributed by atoms with Gasteiger partial charge in [-0.3, -0.25) is 4.99 Å². The summed E-state index contributed by atoms with van der Waals surface area (Å²) in [5.74, 6) is 2.72. The van der Waals surface area contributed by atoms with Gasteiger partial charge in [0.15, 0.2) is 17.5 Å². The van der Waals surface area contributed by atoms with Crippen molar-refractivity contribution in [3.63, 3.8) is 0 Å². The average molecular weight is 515 g/mol. The number of halogens is 1. The molecule has 0 aliphatic carbocycles. The molecule has 0 spiro atoms. The first-order chi connectivity index (χ1) is 13.5. The minimum absolute atomic E-state index is 0. The highest BCUT2D eigenvalue weighted by Crippen LogP contribution is 2.41. The van der Waals surface area contributed by atoms with Crippen LogP contribution in [0.3, 0.4) is 0 Å². The fourth-order valence-electron chi connectivity index (χ4n) is 4.47. The number of hydrogen-bond donors (Lipinski definition) is 1. The summed E-state index contributed by atoms with van der Waals surface area (Å²) in [4.78, 5) is 7.54. The van der Waals surface area contributed by atoms with E-state index in [0.29, 0.717) is 12.2 Å². The SMILES string of the molecule is CCNC(=NCC1(c2ccc3c(c2)OCO3)CCOCC1)N1CCC(C)(C)C1.I. The summed E-state index contributed by atoms with van der Waals surface area (Å²) in [7, 11) is 0. The molecule has 162 valence electrons. The molecule has 3 aliphatic heterocycles. The lowest BCUT2D eigenvalue weighted by Crippen LogP contribution is -2.43. The molecule has 0 amide bonds. The first-order valence-corrected chi connectivity index (χ1v) is 10.5. The fraction of sp³-hybridized carbons (Fsp3) is 0.682. The smallest absolute Gasteiger partial charge is 0.231 e. The van der Waals surface area contributed by atoms with E-state index in [1.807, 2.05) is 6.07 Å². The molecule has 3 aliphatic rings. The lowest BCUT2D eigenvalue weighted by molar-refractivity contribution is 0.0529. The summed E-state index contributed by atoms with van der Waals surface area (Å²) in [5.41, 5.74) is 1.61. The Hall–Kier alpha value is -1.22. The Bertz CT molecular complexity index is 732. The van der Waals surface area contributed by atoms with E-state index in [1.54, 1.807) is 0 Å². The van der Waals surface area contributed by atoms with Gasteiger partial charge in [-0.15, -0.1) is 24.0 Å². The van der Waals surface area contributed by atoms with Crippen molar-refractivity contribution in [1.82, 2.24) is 10.2 Å². The zero-order chi connectivity index (χ0) is 19.6. The molecule has 1 N–H and O–H groups in total. The second-order valence-corrected chi connectivity index (χ2v) is 8.97. The van der Waals surface area contributed by atoms with E-state index < -0.39 is 0 Å². The molecule has 4 rings (SSSR count). The van der Waals surface area contributed by atoms with E-state index in [4.69, 9.17) is 19.2 Å². The minimum Gasteiger partial charge on any atom is -0.454 e. The highest BCUT2D eigenvalue weighted by atomic mass is 127. The summed E-state index contributed by atoms with van der Waals surface area (Å²) in [5, 5.41) is 3.51. The van der Waals surface area contributed by atoms with Crippen LogP contribution in [0.15, 0.2) is 23.2 Å². The van der Waals surface area contributed by atoms with Crippen LogP contribution >= 0.6 is 24.0 Å². The van der Waals surface area contributed by atoms with E-state index in [2.05, 4.69) is 43.1 Å². The lowest BCUT2D eigenvalue weighted by Gasteiger charge is -2.37. The van der Waals surface area contributed by atoms with Crippen LogP contribution < -0.4 is 14.8 Å². The molecule has 0 saturated carbocycles. The zero-order valence-electron chi connectivity index (χ0n) is 17.8. The quantitative estimate of drug-likeness (QED) is 0.376. The van der Waals surface area contributed by atoms with Crippen LogP contribution in [0.1, 0.15) is 45.6 Å². The summed E-state index contributed by atoms with van der Waals surface area (Å²) in [6.45, 7) is 12.4. The predicted molar refractivity (Wildman–Crippen MR) is 126 cm³/mol. The third-order valence-corrected chi connectivity index (χ3v) is 6.28. The molecule has 0 bridgehead atoms. The molecular formula is C22H34IN3O3. The number of likely N-dealkylation sites (tertiary alicyclic amines) is 1. The number of nitrogens with zero attached hydrogens (tertiary/aromatic N) is 2. The van der Waals surface area contributed by atoms with Crippen molar-refractivity contribution < 1.29 is 14.2 Å². The normalized spacial score (nSPS) is 22.3. The Labute approximate surface area is 191 Å². The van der Waals surface area contributed by atoms with Gasteiger partial charge in [0.25, 0.3) is 0 Å². The van der Waals surface area contributed by atoms with Gasteiger partial charge in [-0.2, -0.15) is 0 Å². The largest absolute Gasteiger partial charge is 0.454 e. The number of ether oxygens (including phenoxy) is 3. The number of guanidine groups is 1. The third kappa shape index (κ3) is 4.93. The highest BCUT2D eigenvalue weighted by molar-refractivity contribution is 14.0. The second-order valence-electron chi connectivity index (χ2n) is 8.97. The van der Waals surface area contributed by atoms with Crippen molar-refractivity contribution in [2.45, 2.75) is 45.4 Å². The van der Waals surface area contributed by atoms with E-state index in [-0.39, 0.29) is 29.4 Å². The van der Waals surface area contributed by atoms with E-state index in [1.165, 1.54) is 12.0 Å². The first-order valence-electron chi connectivity index (χ1n) is 10.5. The maximum atomic E-state index is 5.69. The Balaban J connectivity index is 0.00000240. The number of aliphatic imine (C=N–C) groups is 1. The van der Waals surface area contributed by atoms with Crippen LogP contribution in [-0.2, 0) is 10.2 Å². The molecule has 3 heterocycles. The van der Waals surface area contributed by atoms with Gasteiger partial charge in [0, 0.05) is 38.3 Å². The molecule has 0 atom stereocenters. The third-order valence-electron chi connectivity index (χ3n) is 6.28. The van der Waals surface area contributed by atoms with Crippen molar-refractivity contribution in [3.8, 4) is 11.5 Å². The van der Waals surface area contributed by atoms with Crippen molar-refractivity contribution in [2.75, 3.05) is 46.2 Å². The van der Waals surface area contributed by atoms with Crippen LogP contribution in [0.4, 0.5) is 0 Å². The van der Waals surface area contributed by atoms with Gasteiger partial charge >= 0.3 is 0 Å². The van der Waals surface area contributed by atoms with Crippen LogP contribution in [0.2, 0.25) is 0 Å². The van der Waals surface area contributed by atoms with Crippen LogP contribution in [-0.4, -0.2) is 57.0 Å². The zero-order valence-corrected chi connectivity index (χ0v) is 20.2. The summed E-state index contributed by atoms with van der Waals surface area (Å²) >= 11 is 0. The second kappa shape index (κ2) is 9.29. The summed E-state index contributed by atoms with van der Waals surface area (Å²) in [6.07, 6.45) is 3.15. The molecule has 0 unspecified atom stereocenters. The van der Waals surface area contributed by atoms with Gasteiger partial charge in [-0.05, 0) is 49.3 Å². The molecule has 2 fully saturated rings. The van der Waals surface area contributed by atoms with Crippen LogP contribution in [0.5, 0.6) is 11.5 Å². The molecule has 1 aromatic carbocycles. The Morgan fingerprint density at radius 1 is 1.14 bits per heavy atom. The number of benzene rings is 1. The van der Waals surface area contributed by atoms with Crippen molar-refractivity contribution >= 4 is 29.9 Å². The van der Waals surface area contributed by atoms with E-state index in [9.17, 15) is 0 Å². The molecule has 2 saturated heterocycles. The molecule has 6 nitrogen and oxygen atoms in total. The number of hydrogen-bond acceptors (Lipinski definition) is 4. The molecule has 1 aromatic rings. The van der Waals surface area contributed by atoms with Gasteiger partial charge in [0.05, 0.1) is 6.54 Å². The lowest BCUT2D eigenvalue weighted by atomic mass is 9.74. The van der Waals surface area contributed by atoms with E-state index in [0.717, 1.165) is 69.7 Å². The first kappa shape index (κ1) is 22.5. The van der Waals surface area contributed by atoms with Gasteiger partial charge < -0.3 is 24.4 Å². The van der Waals surface area contributed by atoms with Crippen LogP contribution in [0.25, 0.3) is 0 Å². The van der Waals surface area contributed by atoms with Crippen molar-refractivity contribution in [3.05, 3.63) is 23.8 Å². The van der Waals surface area contributed by atoms with Gasteiger partial charge in [-0.25, -0.2) is 0 Å². The number of fused-ring (bicyclic) bond motifs is 1. The maximum absolute atomic E-state index is 5.69. The van der Waals surface area contributed by atoms with Gasteiger partial charge in [-0.1, -0.05) is 19.9 Å². The minimum atomic E-state index is -0.0187. The topological polar surface area (TPSA) is 55.3 Å². The molecular weight excluding hydrogens is 481 g/mol. The van der Waals surface area contributed by atoms with Crippen molar-refractivity contribution in [1.29, 1.82) is 0 Å². The fourth-order valence-corrected chi connectivity index (χ4v) is 4.47. The standard InChI is InChI=1S/C22H33N3O3.HI/c1-4-23-20(25-10-7-21(2,3)15-25)24-14-22(8-11-26-12-9-22)17-5-6-18-19(13-17)28-16-27-18;/h5-6,13H,4,7-12,14-16H2,1-3H3,(H,23,24);1H. The predicted octanol–water partition coefficient (Wildman–Crippen LogP) is 3.78. The average Bonchev–Trinajstić information content (AvgIpc) is 3.31. The van der Waals surface area contributed by atoms with Gasteiger partial charge in [0.1, 0.15) is 0 Å². The number of rotatable bonds is 4. The maximum Gasteiger partial charge on any atom is 0.231 e. The van der Waals surface area contributed by atoms with E-state index >= 15 is 0 Å². The van der Waals surface area contributed by atoms with Crippen molar-refractivity contribution in [2.24, 2.45) is 10.4 Å². The Morgan fingerprint density at radius 2 is 1.90 bits per heavy atom. The summed E-state index contributed by atoms with van der Waals surface area (Å²) in [6, 6.07) is 6.36. The molecule has 0 aromatic heterocycles. The Kier molecular flexibility index (Phi) is 7.19. The number of nitrogens with one attached hydrogen (secondary N) is 1. The monoisotopic (exact) mass is 515 g/mol. The molecule has 7 heteroatoms. The van der Waals surface area contributed by atoms with Gasteiger partial charge in [0.2, 0.25) is 6.79 Å². The molecule has 29 heavy (non-hydrogen) atoms. The molecule has 0 radical (unpaired) electrons. The highest BCUT2D eigenvalue weighted by Gasteiger charge is 2.37. The summed E-state index contributed by atoms with van der Waals surface area (Å²) < 4.78 is 16.8. The Morgan fingerprint density at radius 3 is 2.59 bits per heavy atom. The van der Waals surface area contributed by atoms with Crippen LogP contribution in [0, 0.1) is 5.41 Å².